The minimum atomic E-state index is -3.69. The first-order valence-corrected chi connectivity index (χ1v) is 9.91. The zero-order valence-corrected chi connectivity index (χ0v) is 15.4. The van der Waals surface area contributed by atoms with E-state index in [9.17, 15) is 12.8 Å². The topological polar surface area (TPSA) is 64.6 Å². The monoisotopic (exact) mass is 379 g/mol. The lowest BCUT2D eigenvalue weighted by molar-refractivity contribution is 0.0517. The second kappa shape index (κ2) is 7.73. The SMILES string of the molecule is COc1cccc(S(=O)(=O)NCC2(c3ccc(F)cc3)CCOCC2)c1. The van der Waals surface area contributed by atoms with Gasteiger partial charge in [-0.25, -0.2) is 17.5 Å². The Bertz CT molecular complexity index is 846. The minimum absolute atomic E-state index is 0.151. The van der Waals surface area contributed by atoms with Crippen molar-refractivity contribution in [3.05, 3.63) is 59.9 Å². The van der Waals surface area contributed by atoms with Gasteiger partial charge in [0.05, 0.1) is 12.0 Å². The van der Waals surface area contributed by atoms with Crippen molar-refractivity contribution in [1.82, 2.24) is 4.72 Å². The van der Waals surface area contributed by atoms with Crippen molar-refractivity contribution in [2.45, 2.75) is 23.2 Å². The van der Waals surface area contributed by atoms with Crippen molar-refractivity contribution in [2.24, 2.45) is 0 Å². The molecule has 0 amide bonds. The molecule has 0 spiro atoms. The zero-order valence-electron chi connectivity index (χ0n) is 14.6. The van der Waals surface area contributed by atoms with Gasteiger partial charge in [0.2, 0.25) is 10.0 Å². The lowest BCUT2D eigenvalue weighted by atomic mass is 9.74. The smallest absolute Gasteiger partial charge is 0.240 e. The molecule has 1 N–H and O–H groups in total. The molecule has 2 aromatic rings. The van der Waals surface area contributed by atoms with Crippen molar-refractivity contribution in [1.29, 1.82) is 0 Å². The van der Waals surface area contributed by atoms with Gasteiger partial charge in [-0.05, 0) is 42.7 Å². The summed E-state index contributed by atoms with van der Waals surface area (Å²) in [4.78, 5) is 0.151. The summed E-state index contributed by atoms with van der Waals surface area (Å²) in [6.45, 7) is 1.30. The Kier molecular flexibility index (Phi) is 5.60. The molecule has 140 valence electrons. The molecule has 1 aliphatic rings. The van der Waals surface area contributed by atoms with Crippen LogP contribution in [0.2, 0.25) is 0 Å². The molecule has 1 aliphatic heterocycles. The second-order valence-corrected chi connectivity index (χ2v) is 8.17. The Hall–Kier alpha value is -1.96. The molecular formula is C19H22FNO4S. The standard InChI is InChI=1S/C19H22FNO4S/c1-24-17-3-2-4-18(13-17)26(22,23)21-14-19(9-11-25-12-10-19)15-5-7-16(20)8-6-15/h2-8,13,21H,9-12,14H2,1H3. The largest absolute Gasteiger partial charge is 0.497 e. The minimum Gasteiger partial charge on any atom is -0.497 e. The molecule has 1 heterocycles. The van der Waals surface area contributed by atoms with Crippen molar-refractivity contribution in [3.8, 4) is 5.75 Å². The van der Waals surface area contributed by atoms with Crippen LogP contribution >= 0.6 is 0 Å². The summed E-state index contributed by atoms with van der Waals surface area (Å²) in [6, 6.07) is 12.6. The Labute approximate surface area is 153 Å². The summed E-state index contributed by atoms with van der Waals surface area (Å²) in [7, 11) is -2.20. The molecule has 1 fully saturated rings. The summed E-state index contributed by atoms with van der Waals surface area (Å²) in [5.74, 6) is 0.167. The molecule has 1 saturated heterocycles. The average Bonchev–Trinajstić information content (AvgIpc) is 2.68. The summed E-state index contributed by atoms with van der Waals surface area (Å²) in [6.07, 6.45) is 1.33. The Morgan fingerprint density at radius 1 is 1.15 bits per heavy atom. The van der Waals surface area contributed by atoms with Gasteiger partial charge in [-0.15, -0.1) is 0 Å². The molecule has 0 bridgehead atoms. The lowest BCUT2D eigenvalue weighted by Crippen LogP contribution is -2.44. The Morgan fingerprint density at radius 2 is 1.85 bits per heavy atom. The van der Waals surface area contributed by atoms with Gasteiger partial charge in [0.15, 0.2) is 0 Å². The predicted octanol–water partition coefficient (Wildman–Crippen LogP) is 2.86. The molecule has 0 atom stereocenters. The van der Waals surface area contributed by atoms with Gasteiger partial charge in [-0.1, -0.05) is 18.2 Å². The van der Waals surface area contributed by atoms with Crippen LogP contribution in [0, 0.1) is 5.82 Å². The number of methoxy groups -OCH3 is 1. The van der Waals surface area contributed by atoms with E-state index in [2.05, 4.69) is 4.72 Å². The Morgan fingerprint density at radius 3 is 2.50 bits per heavy atom. The van der Waals surface area contributed by atoms with E-state index in [4.69, 9.17) is 9.47 Å². The highest BCUT2D eigenvalue weighted by Gasteiger charge is 2.35. The van der Waals surface area contributed by atoms with E-state index in [1.807, 2.05) is 0 Å². The van der Waals surface area contributed by atoms with Crippen LogP contribution in [0.4, 0.5) is 4.39 Å². The summed E-state index contributed by atoms with van der Waals surface area (Å²) < 4.78 is 52.0. The molecular weight excluding hydrogens is 357 g/mol. The van der Waals surface area contributed by atoms with Crippen LogP contribution in [-0.4, -0.2) is 35.3 Å². The van der Waals surface area contributed by atoms with Crippen LogP contribution in [-0.2, 0) is 20.2 Å². The molecule has 5 nitrogen and oxygen atoms in total. The van der Waals surface area contributed by atoms with Crippen LogP contribution in [0.5, 0.6) is 5.75 Å². The van der Waals surface area contributed by atoms with Gasteiger partial charge in [-0.2, -0.15) is 0 Å². The highest BCUT2D eigenvalue weighted by atomic mass is 32.2. The van der Waals surface area contributed by atoms with E-state index in [0.717, 1.165) is 5.56 Å². The highest BCUT2D eigenvalue weighted by Crippen LogP contribution is 2.35. The number of hydrogen-bond acceptors (Lipinski definition) is 4. The van der Waals surface area contributed by atoms with Crippen molar-refractivity contribution >= 4 is 10.0 Å². The van der Waals surface area contributed by atoms with Crippen LogP contribution in [0.3, 0.4) is 0 Å². The summed E-state index contributed by atoms with van der Waals surface area (Å²) in [5.41, 5.74) is 0.494. The number of rotatable bonds is 6. The predicted molar refractivity (Wildman–Crippen MR) is 96.3 cm³/mol. The van der Waals surface area contributed by atoms with Gasteiger partial charge in [0.1, 0.15) is 11.6 Å². The normalized spacial score (nSPS) is 17.0. The van der Waals surface area contributed by atoms with Gasteiger partial charge in [-0.3, -0.25) is 0 Å². The number of sulfonamides is 1. The lowest BCUT2D eigenvalue weighted by Gasteiger charge is -2.37. The average molecular weight is 379 g/mol. The third-order valence-electron chi connectivity index (χ3n) is 4.86. The molecule has 0 saturated carbocycles. The summed E-state index contributed by atoms with van der Waals surface area (Å²) in [5, 5.41) is 0. The van der Waals surface area contributed by atoms with E-state index >= 15 is 0 Å². The molecule has 26 heavy (non-hydrogen) atoms. The maximum absolute atomic E-state index is 13.3. The molecule has 2 aromatic carbocycles. The Balaban J connectivity index is 1.84. The van der Waals surface area contributed by atoms with Crippen molar-refractivity contribution in [3.63, 3.8) is 0 Å². The molecule has 3 rings (SSSR count). The maximum atomic E-state index is 13.3. The number of hydrogen-bond donors (Lipinski definition) is 1. The zero-order chi connectivity index (χ0) is 18.6. The fourth-order valence-electron chi connectivity index (χ4n) is 3.22. The van der Waals surface area contributed by atoms with E-state index < -0.39 is 15.4 Å². The first-order chi connectivity index (χ1) is 12.5. The first kappa shape index (κ1) is 18.8. The van der Waals surface area contributed by atoms with E-state index in [-0.39, 0.29) is 17.3 Å². The van der Waals surface area contributed by atoms with Gasteiger partial charge >= 0.3 is 0 Å². The maximum Gasteiger partial charge on any atom is 0.240 e. The van der Waals surface area contributed by atoms with Crippen molar-refractivity contribution < 1.29 is 22.3 Å². The van der Waals surface area contributed by atoms with E-state index in [1.54, 1.807) is 24.3 Å². The fourth-order valence-corrected chi connectivity index (χ4v) is 4.38. The second-order valence-electron chi connectivity index (χ2n) is 6.40. The van der Waals surface area contributed by atoms with E-state index in [0.29, 0.717) is 31.8 Å². The number of benzene rings is 2. The van der Waals surface area contributed by atoms with Crippen LogP contribution in [0.1, 0.15) is 18.4 Å². The van der Waals surface area contributed by atoms with Crippen molar-refractivity contribution in [2.75, 3.05) is 26.9 Å². The first-order valence-electron chi connectivity index (χ1n) is 8.43. The molecule has 0 radical (unpaired) electrons. The number of halogens is 1. The highest BCUT2D eigenvalue weighted by molar-refractivity contribution is 7.89. The molecule has 0 unspecified atom stereocenters. The van der Waals surface area contributed by atoms with Crippen LogP contribution in [0.15, 0.2) is 53.4 Å². The molecule has 0 aromatic heterocycles. The third-order valence-corrected chi connectivity index (χ3v) is 6.26. The van der Waals surface area contributed by atoms with E-state index in [1.165, 1.54) is 31.4 Å². The van der Waals surface area contributed by atoms with Crippen LogP contribution < -0.4 is 9.46 Å². The third kappa shape index (κ3) is 4.06. The summed E-state index contributed by atoms with van der Waals surface area (Å²) >= 11 is 0. The van der Waals surface area contributed by atoms with Gasteiger partial charge in [0, 0.05) is 31.2 Å². The molecule has 7 heteroatoms. The fraction of sp³-hybridized carbons (Fsp3) is 0.368. The quantitative estimate of drug-likeness (QED) is 0.838. The molecule has 0 aliphatic carbocycles. The number of nitrogens with one attached hydrogen (secondary N) is 1. The van der Waals surface area contributed by atoms with Gasteiger partial charge in [0.25, 0.3) is 0 Å². The number of ether oxygens (including phenoxy) is 2. The van der Waals surface area contributed by atoms with Crippen LogP contribution in [0.25, 0.3) is 0 Å². The van der Waals surface area contributed by atoms with Gasteiger partial charge < -0.3 is 9.47 Å².